The molecule has 0 radical (unpaired) electrons. The van der Waals surface area contributed by atoms with Gasteiger partial charge < -0.3 is 4.90 Å². The molecule has 1 aromatic rings. The molecule has 0 aliphatic carbocycles. The Balaban J connectivity index is 2.96. The molecule has 0 saturated heterocycles. The number of nitriles is 1. The van der Waals surface area contributed by atoms with Crippen molar-refractivity contribution in [3.8, 4) is 6.07 Å². The minimum absolute atomic E-state index is 0.0398. The van der Waals surface area contributed by atoms with E-state index in [9.17, 15) is 14.9 Å². The molecule has 88 valence electrons. The lowest BCUT2D eigenvalue weighted by Crippen LogP contribution is -2.28. The number of para-hydroxylation sites is 1. The zero-order valence-corrected chi connectivity index (χ0v) is 9.29. The van der Waals surface area contributed by atoms with Gasteiger partial charge in [0.1, 0.15) is 5.56 Å². The van der Waals surface area contributed by atoms with Crippen LogP contribution in [0.4, 0.5) is 5.69 Å². The second-order valence-electron chi connectivity index (χ2n) is 3.41. The molecule has 0 saturated carbocycles. The van der Waals surface area contributed by atoms with Crippen LogP contribution in [0.25, 0.3) is 0 Å². The highest BCUT2D eigenvalue weighted by Gasteiger charge is 2.21. The van der Waals surface area contributed by atoms with Crippen LogP contribution in [0.5, 0.6) is 0 Å². The first-order valence-corrected chi connectivity index (χ1v) is 4.93. The maximum atomic E-state index is 11.9. The number of carbonyl (C=O) groups excluding carboxylic acids is 1. The van der Waals surface area contributed by atoms with Crippen molar-refractivity contribution >= 4 is 11.6 Å². The van der Waals surface area contributed by atoms with E-state index in [2.05, 4.69) is 0 Å². The lowest BCUT2D eigenvalue weighted by molar-refractivity contribution is -0.385. The number of nitrogens with zero attached hydrogens (tertiary/aromatic N) is 3. The largest absolute Gasteiger partial charge is 0.340 e. The SMILES string of the molecule is CN(CCC#N)C(=O)c1ccccc1[N+](=O)[O-]. The molecule has 1 aromatic carbocycles. The van der Waals surface area contributed by atoms with E-state index in [0.29, 0.717) is 0 Å². The first kappa shape index (κ1) is 12.6. The summed E-state index contributed by atoms with van der Waals surface area (Å²) in [5, 5.41) is 19.2. The second kappa shape index (κ2) is 5.61. The van der Waals surface area contributed by atoms with Crippen LogP contribution < -0.4 is 0 Å². The summed E-state index contributed by atoms with van der Waals surface area (Å²) < 4.78 is 0. The minimum Gasteiger partial charge on any atom is -0.340 e. The third-order valence-electron chi connectivity index (χ3n) is 2.24. The molecule has 0 atom stereocenters. The van der Waals surface area contributed by atoms with Crippen molar-refractivity contribution in [2.45, 2.75) is 6.42 Å². The maximum Gasteiger partial charge on any atom is 0.282 e. The van der Waals surface area contributed by atoms with Crippen molar-refractivity contribution in [2.24, 2.45) is 0 Å². The minimum atomic E-state index is -0.592. The maximum absolute atomic E-state index is 11.9. The molecule has 6 nitrogen and oxygen atoms in total. The van der Waals surface area contributed by atoms with Gasteiger partial charge in [-0.3, -0.25) is 14.9 Å². The van der Waals surface area contributed by atoms with E-state index < -0.39 is 10.8 Å². The molecule has 0 spiro atoms. The number of hydrogen-bond donors (Lipinski definition) is 0. The Bertz CT molecular complexity index is 479. The summed E-state index contributed by atoms with van der Waals surface area (Å²) >= 11 is 0. The zero-order chi connectivity index (χ0) is 12.8. The molecular formula is C11H11N3O3. The van der Waals surface area contributed by atoms with E-state index in [1.54, 1.807) is 6.07 Å². The van der Waals surface area contributed by atoms with Crippen LogP contribution >= 0.6 is 0 Å². The number of hydrogen-bond acceptors (Lipinski definition) is 4. The van der Waals surface area contributed by atoms with Crippen molar-refractivity contribution in [3.05, 3.63) is 39.9 Å². The summed E-state index contributed by atoms with van der Waals surface area (Å²) in [7, 11) is 1.51. The van der Waals surface area contributed by atoms with Gasteiger partial charge in [-0.2, -0.15) is 5.26 Å². The van der Waals surface area contributed by atoms with Crippen LogP contribution in [0.15, 0.2) is 24.3 Å². The number of rotatable bonds is 4. The van der Waals surface area contributed by atoms with Gasteiger partial charge in [0, 0.05) is 19.7 Å². The molecule has 0 heterocycles. The predicted octanol–water partition coefficient (Wildman–Crippen LogP) is 1.58. The van der Waals surface area contributed by atoms with Crippen LogP contribution in [0, 0.1) is 21.4 Å². The van der Waals surface area contributed by atoms with Gasteiger partial charge in [0.05, 0.1) is 17.4 Å². The molecule has 0 aliphatic heterocycles. The summed E-state index contributed by atoms with van der Waals surface area (Å²) in [6.45, 7) is 0.251. The normalized spacial score (nSPS) is 9.41. The van der Waals surface area contributed by atoms with E-state index >= 15 is 0 Å². The Labute approximate surface area is 98.2 Å². The fraction of sp³-hybridized carbons (Fsp3) is 0.273. The third kappa shape index (κ3) is 3.01. The van der Waals surface area contributed by atoms with Gasteiger partial charge in [0.15, 0.2) is 0 Å². The van der Waals surface area contributed by atoms with Crippen LogP contribution in [0.2, 0.25) is 0 Å². The number of benzene rings is 1. The Morgan fingerprint density at radius 2 is 2.18 bits per heavy atom. The summed E-state index contributed by atoms with van der Waals surface area (Å²) in [6.07, 6.45) is 0.197. The van der Waals surface area contributed by atoms with Crippen LogP contribution in [-0.2, 0) is 0 Å². The molecule has 1 amide bonds. The van der Waals surface area contributed by atoms with Gasteiger partial charge in [-0.1, -0.05) is 12.1 Å². The summed E-state index contributed by atoms with van der Waals surface area (Å²) in [6, 6.07) is 7.68. The summed E-state index contributed by atoms with van der Waals surface area (Å²) in [4.78, 5) is 23.3. The summed E-state index contributed by atoms with van der Waals surface area (Å²) in [5.74, 6) is -0.451. The third-order valence-corrected chi connectivity index (χ3v) is 2.24. The smallest absolute Gasteiger partial charge is 0.282 e. The lowest BCUT2D eigenvalue weighted by atomic mass is 10.1. The fourth-order valence-electron chi connectivity index (χ4n) is 1.34. The number of amides is 1. The fourth-order valence-corrected chi connectivity index (χ4v) is 1.34. The highest BCUT2D eigenvalue weighted by molar-refractivity contribution is 5.97. The standard InChI is InChI=1S/C11H11N3O3/c1-13(8-4-7-12)11(15)9-5-2-3-6-10(9)14(16)17/h2-3,5-6H,4,8H2,1H3. The molecular weight excluding hydrogens is 222 g/mol. The second-order valence-corrected chi connectivity index (χ2v) is 3.41. The monoisotopic (exact) mass is 233 g/mol. The summed E-state index contributed by atoms with van der Waals surface area (Å²) in [5.41, 5.74) is -0.181. The first-order valence-electron chi connectivity index (χ1n) is 4.93. The van der Waals surface area contributed by atoms with Gasteiger partial charge in [-0.05, 0) is 6.07 Å². The Hall–Kier alpha value is -2.42. The average Bonchev–Trinajstić information content (AvgIpc) is 2.34. The lowest BCUT2D eigenvalue weighted by Gasteiger charge is -2.15. The van der Waals surface area contributed by atoms with E-state index in [-0.39, 0.29) is 24.2 Å². The Kier molecular flexibility index (Phi) is 4.17. The number of carbonyl (C=O) groups is 1. The number of nitro groups is 1. The molecule has 0 aromatic heterocycles. The van der Waals surface area contributed by atoms with Crippen LogP contribution in [-0.4, -0.2) is 29.3 Å². The Morgan fingerprint density at radius 3 is 2.76 bits per heavy atom. The molecule has 17 heavy (non-hydrogen) atoms. The van der Waals surface area contributed by atoms with Crippen molar-refractivity contribution < 1.29 is 9.72 Å². The Morgan fingerprint density at radius 1 is 1.53 bits per heavy atom. The van der Waals surface area contributed by atoms with E-state index in [4.69, 9.17) is 5.26 Å². The molecule has 0 fully saturated rings. The zero-order valence-electron chi connectivity index (χ0n) is 9.29. The molecule has 0 aliphatic rings. The van der Waals surface area contributed by atoms with E-state index in [1.807, 2.05) is 6.07 Å². The number of nitro benzene ring substituents is 1. The average molecular weight is 233 g/mol. The predicted molar refractivity (Wildman–Crippen MR) is 60.3 cm³/mol. The van der Waals surface area contributed by atoms with E-state index in [1.165, 1.54) is 30.1 Å². The van der Waals surface area contributed by atoms with Crippen LogP contribution in [0.3, 0.4) is 0 Å². The first-order chi connectivity index (χ1) is 8.07. The van der Waals surface area contributed by atoms with Gasteiger partial charge >= 0.3 is 0 Å². The topological polar surface area (TPSA) is 87.2 Å². The quantitative estimate of drug-likeness (QED) is 0.583. The molecule has 0 N–H and O–H groups in total. The van der Waals surface area contributed by atoms with Crippen molar-refractivity contribution in [2.75, 3.05) is 13.6 Å². The van der Waals surface area contributed by atoms with E-state index in [0.717, 1.165) is 0 Å². The van der Waals surface area contributed by atoms with Gasteiger partial charge in [0.2, 0.25) is 0 Å². The highest BCUT2D eigenvalue weighted by atomic mass is 16.6. The molecule has 0 bridgehead atoms. The molecule has 0 unspecified atom stereocenters. The van der Waals surface area contributed by atoms with Crippen molar-refractivity contribution in [1.82, 2.24) is 4.90 Å². The van der Waals surface area contributed by atoms with Gasteiger partial charge in [-0.25, -0.2) is 0 Å². The van der Waals surface area contributed by atoms with Gasteiger partial charge in [0.25, 0.3) is 11.6 Å². The van der Waals surface area contributed by atoms with Crippen molar-refractivity contribution in [1.29, 1.82) is 5.26 Å². The van der Waals surface area contributed by atoms with Gasteiger partial charge in [-0.15, -0.1) is 0 Å². The molecule has 6 heteroatoms. The highest BCUT2D eigenvalue weighted by Crippen LogP contribution is 2.19. The molecule has 1 rings (SSSR count). The van der Waals surface area contributed by atoms with Crippen molar-refractivity contribution in [3.63, 3.8) is 0 Å². The van der Waals surface area contributed by atoms with Crippen LogP contribution in [0.1, 0.15) is 16.8 Å².